The van der Waals surface area contributed by atoms with E-state index in [2.05, 4.69) is 5.32 Å². The maximum atomic E-state index is 14.6. The number of rotatable bonds is 4. The van der Waals surface area contributed by atoms with Gasteiger partial charge in [0.1, 0.15) is 17.5 Å². The maximum absolute atomic E-state index is 14.6. The summed E-state index contributed by atoms with van der Waals surface area (Å²) in [5.41, 5.74) is 2.57. The van der Waals surface area contributed by atoms with Gasteiger partial charge in [-0.3, -0.25) is 4.79 Å². The summed E-state index contributed by atoms with van der Waals surface area (Å²) in [7, 11) is 0. The van der Waals surface area contributed by atoms with Gasteiger partial charge in [-0.2, -0.15) is 4.73 Å². The fourth-order valence-corrected chi connectivity index (χ4v) is 3.34. The minimum absolute atomic E-state index is 0.151. The lowest BCUT2D eigenvalue weighted by atomic mass is 9.99. The molecule has 5 nitrogen and oxygen atoms in total. The van der Waals surface area contributed by atoms with Crippen molar-refractivity contribution in [2.45, 2.75) is 19.4 Å². The lowest BCUT2D eigenvalue weighted by Gasteiger charge is -2.12. The molecule has 0 saturated heterocycles. The number of ether oxygens (including phenoxy) is 1. The van der Waals surface area contributed by atoms with Crippen molar-refractivity contribution in [2.24, 2.45) is 0 Å². The lowest BCUT2D eigenvalue weighted by molar-refractivity contribution is -0.605. The van der Waals surface area contributed by atoms with Crippen molar-refractivity contribution < 1.29 is 23.0 Å². The van der Waals surface area contributed by atoms with Crippen LogP contribution < -0.4 is 14.8 Å². The van der Waals surface area contributed by atoms with Crippen LogP contribution >= 0.6 is 0 Å². The third kappa shape index (κ3) is 3.89. The van der Waals surface area contributed by atoms with Gasteiger partial charge >= 0.3 is 0 Å². The van der Waals surface area contributed by atoms with Gasteiger partial charge in [0.05, 0.1) is 6.54 Å². The molecule has 1 N–H and O–H groups in total. The number of carbonyl (C=O) groups excluding carboxylic acids is 1. The van der Waals surface area contributed by atoms with Crippen molar-refractivity contribution in [1.82, 2.24) is 5.32 Å². The molecule has 1 aliphatic rings. The summed E-state index contributed by atoms with van der Waals surface area (Å²) in [6, 6.07) is 10.9. The minimum Gasteiger partial charge on any atom is -0.619 e. The van der Waals surface area contributed by atoms with E-state index in [1.165, 1.54) is 36.7 Å². The number of carbonyl (C=O) groups is 1. The van der Waals surface area contributed by atoms with Crippen LogP contribution in [0.1, 0.15) is 21.5 Å². The molecule has 29 heavy (non-hydrogen) atoms. The number of aryl methyl sites for hydroxylation is 1. The van der Waals surface area contributed by atoms with Crippen molar-refractivity contribution in [3.05, 3.63) is 88.4 Å². The van der Waals surface area contributed by atoms with Gasteiger partial charge in [0, 0.05) is 18.1 Å². The standard InChI is InChI=1S/C22H18F2N2O3/c1-13-4-5-14(9-19(13)23)16-7-17-8-18(29-21(17)20(24)10-16)11-25-22(27)15-3-2-6-26(28)12-15/h2-7,9-10,12,18H,8,11H2,1H3,(H,25,27). The number of amides is 1. The highest BCUT2D eigenvalue weighted by Gasteiger charge is 2.27. The average Bonchev–Trinajstić information content (AvgIpc) is 3.12. The second-order valence-electron chi connectivity index (χ2n) is 7.02. The van der Waals surface area contributed by atoms with Crippen LogP contribution in [0.3, 0.4) is 0 Å². The summed E-state index contributed by atoms with van der Waals surface area (Å²) in [6.07, 6.45) is 2.43. The quantitative estimate of drug-likeness (QED) is 0.544. The van der Waals surface area contributed by atoms with Gasteiger partial charge in [0.2, 0.25) is 0 Å². The van der Waals surface area contributed by atoms with Gasteiger partial charge in [-0.15, -0.1) is 0 Å². The van der Waals surface area contributed by atoms with Gasteiger partial charge in [-0.25, -0.2) is 8.78 Å². The van der Waals surface area contributed by atoms with Crippen LogP contribution in [-0.4, -0.2) is 18.6 Å². The molecule has 2 heterocycles. The van der Waals surface area contributed by atoms with Gasteiger partial charge < -0.3 is 15.3 Å². The molecule has 0 radical (unpaired) electrons. The number of nitrogens with zero attached hydrogens (tertiary/aromatic N) is 1. The largest absolute Gasteiger partial charge is 0.619 e. The molecule has 0 aliphatic carbocycles. The number of aromatic nitrogens is 1. The van der Waals surface area contributed by atoms with Crippen molar-refractivity contribution in [3.8, 4) is 16.9 Å². The summed E-state index contributed by atoms with van der Waals surface area (Å²) in [5, 5.41) is 14.0. The highest BCUT2D eigenvalue weighted by molar-refractivity contribution is 5.93. The molecule has 1 aliphatic heterocycles. The molecule has 1 amide bonds. The molecule has 148 valence electrons. The summed E-state index contributed by atoms with van der Waals surface area (Å²) < 4.78 is 34.6. The summed E-state index contributed by atoms with van der Waals surface area (Å²) in [5.74, 6) is -1.13. The van der Waals surface area contributed by atoms with Crippen LogP contribution in [0.25, 0.3) is 11.1 Å². The monoisotopic (exact) mass is 396 g/mol. The van der Waals surface area contributed by atoms with E-state index in [9.17, 15) is 18.8 Å². The Morgan fingerprint density at radius 3 is 2.76 bits per heavy atom. The first-order chi connectivity index (χ1) is 13.9. The van der Waals surface area contributed by atoms with E-state index in [0.717, 1.165) is 0 Å². The molecule has 7 heteroatoms. The molecule has 4 rings (SSSR count). The average molecular weight is 396 g/mol. The van der Waals surface area contributed by atoms with E-state index in [4.69, 9.17) is 4.74 Å². The Labute approximate surface area is 166 Å². The number of pyridine rings is 1. The molecular weight excluding hydrogens is 378 g/mol. The van der Waals surface area contributed by atoms with E-state index in [0.29, 0.717) is 33.4 Å². The second kappa shape index (κ2) is 7.50. The normalized spacial score (nSPS) is 14.9. The first kappa shape index (κ1) is 18.9. The van der Waals surface area contributed by atoms with Crippen LogP contribution in [-0.2, 0) is 6.42 Å². The Hall–Kier alpha value is -3.48. The Morgan fingerprint density at radius 1 is 1.21 bits per heavy atom. The zero-order valence-corrected chi connectivity index (χ0v) is 15.6. The van der Waals surface area contributed by atoms with Crippen molar-refractivity contribution in [1.29, 1.82) is 0 Å². The third-order valence-electron chi connectivity index (χ3n) is 4.89. The Bertz CT molecular complexity index is 1100. The summed E-state index contributed by atoms with van der Waals surface area (Å²) in [4.78, 5) is 12.2. The molecule has 3 aromatic rings. The highest BCUT2D eigenvalue weighted by atomic mass is 19.1. The Balaban J connectivity index is 1.47. The van der Waals surface area contributed by atoms with E-state index in [-0.39, 0.29) is 23.7 Å². The third-order valence-corrected chi connectivity index (χ3v) is 4.89. The summed E-state index contributed by atoms with van der Waals surface area (Å²) >= 11 is 0. The first-order valence-electron chi connectivity index (χ1n) is 9.13. The van der Waals surface area contributed by atoms with Crippen molar-refractivity contribution in [2.75, 3.05) is 6.54 Å². The number of halogens is 2. The zero-order valence-electron chi connectivity index (χ0n) is 15.6. The van der Waals surface area contributed by atoms with Crippen molar-refractivity contribution in [3.63, 3.8) is 0 Å². The number of nitrogens with one attached hydrogen (secondary N) is 1. The smallest absolute Gasteiger partial charge is 0.257 e. The van der Waals surface area contributed by atoms with E-state index in [1.54, 1.807) is 25.1 Å². The Morgan fingerprint density at radius 2 is 2.00 bits per heavy atom. The van der Waals surface area contributed by atoms with Gasteiger partial charge in [-0.1, -0.05) is 12.1 Å². The fourth-order valence-electron chi connectivity index (χ4n) is 3.34. The van der Waals surface area contributed by atoms with Crippen LogP contribution in [0.5, 0.6) is 5.75 Å². The molecular formula is C22H18F2N2O3. The van der Waals surface area contributed by atoms with E-state index >= 15 is 0 Å². The molecule has 0 spiro atoms. The second-order valence-corrected chi connectivity index (χ2v) is 7.02. The minimum atomic E-state index is -0.525. The molecule has 0 fully saturated rings. The van der Waals surface area contributed by atoms with Gasteiger partial charge in [0.25, 0.3) is 5.91 Å². The predicted molar refractivity (Wildman–Crippen MR) is 102 cm³/mol. The number of hydrogen-bond acceptors (Lipinski definition) is 3. The van der Waals surface area contributed by atoms with Gasteiger partial charge in [-0.05, 0) is 47.9 Å². The topological polar surface area (TPSA) is 65.3 Å². The predicted octanol–water partition coefficient (Wildman–Crippen LogP) is 3.31. The van der Waals surface area contributed by atoms with Crippen LogP contribution in [0.4, 0.5) is 8.78 Å². The number of fused-ring (bicyclic) bond motifs is 1. The van der Waals surface area contributed by atoms with Crippen LogP contribution in [0.15, 0.2) is 54.9 Å². The fraction of sp³-hybridized carbons (Fsp3) is 0.182. The lowest BCUT2D eigenvalue weighted by Crippen LogP contribution is -2.36. The van der Waals surface area contributed by atoms with Crippen LogP contribution in [0, 0.1) is 23.8 Å². The summed E-state index contributed by atoms with van der Waals surface area (Å²) in [6.45, 7) is 1.83. The Kier molecular flexibility index (Phi) is 4.88. The maximum Gasteiger partial charge on any atom is 0.257 e. The van der Waals surface area contributed by atoms with Crippen LogP contribution in [0.2, 0.25) is 0 Å². The van der Waals surface area contributed by atoms with E-state index < -0.39 is 17.8 Å². The number of benzene rings is 2. The van der Waals surface area contributed by atoms with Crippen molar-refractivity contribution >= 4 is 5.91 Å². The molecule has 1 aromatic heterocycles. The molecule has 1 atom stereocenters. The first-order valence-corrected chi connectivity index (χ1v) is 9.13. The van der Waals surface area contributed by atoms with Gasteiger partial charge in [0.15, 0.2) is 24.0 Å². The zero-order chi connectivity index (χ0) is 20.5. The molecule has 0 bridgehead atoms. The SMILES string of the molecule is Cc1ccc(-c2cc(F)c3c(c2)CC(CNC(=O)c2ccc[n+]([O-])c2)O3)cc1F. The highest BCUT2D eigenvalue weighted by Crippen LogP contribution is 2.36. The molecule has 0 saturated carbocycles. The van der Waals surface area contributed by atoms with E-state index in [1.807, 2.05) is 0 Å². The number of hydrogen-bond donors (Lipinski definition) is 1. The molecule has 2 aromatic carbocycles. The molecule has 1 unspecified atom stereocenters.